The number of allylic oxidation sites excluding steroid dienone is 15. The normalized spacial score (nSPS) is 14.4. The number of unbranched alkanes of at least 4 members (excludes halogenated alkanes) is 24. The standard InChI is InChI=1S/C65H115N2O7P/c1-7-10-13-16-19-22-25-27-29-31-32-33-34-36-37-39-42-45-48-51-54-57-64(68)66-62(61-73-75(70,71)72-60-59-67(4,5)6)63(56-53-50-47-44-41-24-21-18-15-12-9-3)74-65(69)58-55-52-49-46-43-40-38-35-30-28-26-23-20-17-14-11-8-2/h19-20,22-23,27-30,32-33,36-38,40,53,56,62-63H,7-18,21,24-26,31,34-35,39,41-52,54-55,57-61H2,1-6H3,(H-,66,68,70,71)/p+1/b22-19-,23-20-,29-27-,30-28-,33-32-,37-36-,40-38-,56-53-. The number of nitrogens with one attached hydrogen (secondary N) is 1. The van der Waals surface area contributed by atoms with Crippen LogP contribution in [0.2, 0.25) is 0 Å². The van der Waals surface area contributed by atoms with Crippen LogP contribution in [0.3, 0.4) is 0 Å². The van der Waals surface area contributed by atoms with Crippen LogP contribution in [0.5, 0.6) is 0 Å². The van der Waals surface area contributed by atoms with Crippen molar-refractivity contribution in [2.75, 3.05) is 40.9 Å². The van der Waals surface area contributed by atoms with Crippen molar-refractivity contribution >= 4 is 19.7 Å². The Bertz CT molecular complexity index is 1610. The molecule has 0 aliphatic carbocycles. The predicted octanol–water partition coefficient (Wildman–Crippen LogP) is 18.8. The minimum atomic E-state index is -4.46. The van der Waals surface area contributed by atoms with E-state index in [1.165, 1.54) is 96.3 Å². The molecule has 3 unspecified atom stereocenters. The topological polar surface area (TPSA) is 111 Å². The number of carbonyl (C=O) groups is 2. The van der Waals surface area contributed by atoms with Crippen LogP contribution in [0.25, 0.3) is 0 Å². The van der Waals surface area contributed by atoms with Gasteiger partial charge in [0.05, 0.1) is 33.8 Å². The van der Waals surface area contributed by atoms with E-state index in [9.17, 15) is 19.0 Å². The van der Waals surface area contributed by atoms with Gasteiger partial charge in [-0.1, -0.05) is 221 Å². The number of phosphoric acid groups is 1. The summed E-state index contributed by atoms with van der Waals surface area (Å²) >= 11 is 0. The largest absolute Gasteiger partial charge is 0.472 e. The molecule has 0 radical (unpaired) electrons. The molecule has 75 heavy (non-hydrogen) atoms. The second kappa shape index (κ2) is 54.3. The Morgan fingerprint density at radius 1 is 0.467 bits per heavy atom. The number of esters is 1. The van der Waals surface area contributed by atoms with Gasteiger partial charge in [-0.15, -0.1) is 0 Å². The summed E-state index contributed by atoms with van der Waals surface area (Å²) in [5.74, 6) is -0.556. The Hall–Kier alpha value is -3.07. The van der Waals surface area contributed by atoms with Gasteiger partial charge in [-0.05, 0) is 115 Å². The molecule has 0 aliphatic heterocycles. The summed E-state index contributed by atoms with van der Waals surface area (Å²) in [6, 6.07) is -0.873. The molecule has 0 bridgehead atoms. The summed E-state index contributed by atoms with van der Waals surface area (Å²) in [5, 5.41) is 3.04. The van der Waals surface area contributed by atoms with E-state index in [1.807, 2.05) is 33.3 Å². The number of quaternary nitrogens is 1. The average molecular weight is 1070 g/mol. The molecule has 0 heterocycles. The maximum Gasteiger partial charge on any atom is 0.472 e. The summed E-state index contributed by atoms with van der Waals surface area (Å²) in [6.07, 6.45) is 72.6. The third-order valence-corrected chi connectivity index (χ3v) is 14.0. The molecule has 0 aromatic heterocycles. The Labute approximate surface area is 462 Å². The van der Waals surface area contributed by atoms with Crippen molar-refractivity contribution in [3.05, 3.63) is 97.2 Å². The molecule has 0 fully saturated rings. The van der Waals surface area contributed by atoms with Gasteiger partial charge in [0.15, 0.2) is 0 Å². The molecule has 0 saturated carbocycles. The van der Waals surface area contributed by atoms with Crippen molar-refractivity contribution in [3.8, 4) is 0 Å². The number of carbonyl (C=O) groups excluding carboxylic acids is 2. The van der Waals surface area contributed by atoms with Crippen LogP contribution in [-0.4, -0.2) is 74.3 Å². The van der Waals surface area contributed by atoms with Gasteiger partial charge in [0, 0.05) is 12.8 Å². The first-order valence-electron chi connectivity index (χ1n) is 30.6. The molecule has 1 amide bonds. The highest BCUT2D eigenvalue weighted by Crippen LogP contribution is 2.43. The highest BCUT2D eigenvalue weighted by atomic mass is 31.2. The summed E-state index contributed by atoms with van der Waals surface area (Å²) in [6.45, 7) is 6.91. The second-order valence-corrected chi connectivity index (χ2v) is 23.0. The molecule has 9 nitrogen and oxygen atoms in total. The molecule has 0 aliphatic rings. The lowest BCUT2D eigenvalue weighted by atomic mass is 10.1. The van der Waals surface area contributed by atoms with Crippen LogP contribution in [0, 0.1) is 0 Å². The number of likely N-dealkylation sites (N-methyl/N-ethyl adjacent to an activating group) is 1. The Morgan fingerprint density at radius 2 is 0.813 bits per heavy atom. The average Bonchev–Trinajstić information content (AvgIpc) is 3.37. The molecule has 0 aromatic carbocycles. The maximum absolute atomic E-state index is 13.5. The van der Waals surface area contributed by atoms with Gasteiger partial charge in [0.2, 0.25) is 5.91 Å². The summed E-state index contributed by atoms with van der Waals surface area (Å²) in [5.41, 5.74) is 0. The monoisotopic (exact) mass is 1070 g/mol. The Balaban J connectivity index is 5.32. The van der Waals surface area contributed by atoms with Gasteiger partial charge in [0.25, 0.3) is 0 Å². The zero-order valence-corrected chi connectivity index (χ0v) is 50.2. The number of amides is 1. The third-order valence-electron chi connectivity index (χ3n) is 13.0. The summed E-state index contributed by atoms with van der Waals surface area (Å²) in [4.78, 5) is 37.7. The number of rotatable bonds is 54. The minimum Gasteiger partial charge on any atom is -0.456 e. The number of nitrogens with zero attached hydrogens (tertiary/aromatic N) is 1. The third kappa shape index (κ3) is 55.5. The smallest absolute Gasteiger partial charge is 0.456 e. The number of hydrogen-bond donors (Lipinski definition) is 2. The first kappa shape index (κ1) is 71.9. The zero-order valence-electron chi connectivity index (χ0n) is 49.3. The Kier molecular flexibility index (Phi) is 52.1. The SMILES string of the molecule is CCCCC/C=C\C/C=C\C/C=C\C/C=C\CCCCCCCC(=O)NC(COP(=O)(O)OCC[N+](C)(C)C)C(/C=C\CCCCCCCCCCC)OC(=O)CCCCCC/C=C\C/C=C\C/C=C\CCCCC. The molecule has 2 N–H and O–H groups in total. The quantitative estimate of drug-likeness (QED) is 0.0205. The predicted molar refractivity (Wildman–Crippen MR) is 323 cm³/mol. The van der Waals surface area contributed by atoms with E-state index in [-0.39, 0.29) is 31.5 Å². The lowest BCUT2D eigenvalue weighted by Crippen LogP contribution is -2.47. The first-order chi connectivity index (χ1) is 36.4. The van der Waals surface area contributed by atoms with E-state index in [1.54, 1.807) is 0 Å². The fourth-order valence-electron chi connectivity index (χ4n) is 8.22. The minimum absolute atomic E-state index is 0.0277. The van der Waals surface area contributed by atoms with E-state index < -0.39 is 20.0 Å². The molecule has 0 spiro atoms. The van der Waals surface area contributed by atoms with Crippen LogP contribution < -0.4 is 5.32 Å². The van der Waals surface area contributed by atoms with Crippen molar-refractivity contribution in [2.45, 2.75) is 264 Å². The van der Waals surface area contributed by atoms with Crippen LogP contribution in [0.1, 0.15) is 252 Å². The Morgan fingerprint density at radius 3 is 1.24 bits per heavy atom. The van der Waals surface area contributed by atoms with E-state index in [0.29, 0.717) is 23.9 Å². The van der Waals surface area contributed by atoms with Crippen LogP contribution in [0.4, 0.5) is 0 Å². The molecule has 10 heteroatoms. The highest BCUT2D eigenvalue weighted by molar-refractivity contribution is 7.47. The molecule has 0 saturated heterocycles. The number of hydrogen-bond acceptors (Lipinski definition) is 6. The highest BCUT2D eigenvalue weighted by Gasteiger charge is 2.30. The van der Waals surface area contributed by atoms with E-state index in [0.717, 1.165) is 116 Å². The van der Waals surface area contributed by atoms with Gasteiger partial charge in [-0.25, -0.2) is 4.57 Å². The lowest BCUT2D eigenvalue weighted by molar-refractivity contribution is -0.870. The van der Waals surface area contributed by atoms with Crippen molar-refractivity contribution in [3.63, 3.8) is 0 Å². The van der Waals surface area contributed by atoms with Crippen molar-refractivity contribution in [2.24, 2.45) is 0 Å². The zero-order chi connectivity index (χ0) is 55.0. The molecule has 0 aromatic rings. The van der Waals surface area contributed by atoms with E-state index >= 15 is 0 Å². The summed E-state index contributed by atoms with van der Waals surface area (Å²) in [7, 11) is 1.46. The molecule has 3 atom stereocenters. The summed E-state index contributed by atoms with van der Waals surface area (Å²) < 4.78 is 30.6. The molecular formula is C65H116N2O7P+. The van der Waals surface area contributed by atoms with Crippen molar-refractivity contribution < 1.29 is 37.3 Å². The lowest BCUT2D eigenvalue weighted by Gasteiger charge is -2.27. The fraction of sp³-hybridized carbons (Fsp3) is 0.723. The molecular weight excluding hydrogens is 952 g/mol. The van der Waals surface area contributed by atoms with Gasteiger partial charge in [0.1, 0.15) is 19.3 Å². The van der Waals surface area contributed by atoms with Gasteiger partial charge >= 0.3 is 13.8 Å². The van der Waals surface area contributed by atoms with Crippen LogP contribution in [-0.2, 0) is 27.9 Å². The first-order valence-corrected chi connectivity index (χ1v) is 32.1. The van der Waals surface area contributed by atoms with Crippen molar-refractivity contribution in [1.29, 1.82) is 0 Å². The number of ether oxygens (including phenoxy) is 1. The second-order valence-electron chi connectivity index (χ2n) is 21.5. The van der Waals surface area contributed by atoms with Gasteiger partial charge in [-0.2, -0.15) is 0 Å². The van der Waals surface area contributed by atoms with E-state index in [4.69, 9.17) is 13.8 Å². The van der Waals surface area contributed by atoms with E-state index in [2.05, 4.69) is 111 Å². The fourth-order valence-corrected chi connectivity index (χ4v) is 8.96. The van der Waals surface area contributed by atoms with Gasteiger partial charge < -0.3 is 19.4 Å². The van der Waals surface area contributed by atoms with Crippen LogP contribution in [0.15, 0.2) is 97.2 Å². The maximum atomic E-state index is 13.5. The van der Waals surface area contributed by atoms with Crippen LogP contribution >= 0.6 is 7.82 Å². The number of phosphoric ester groups is 1. The molecule has 432 valence electrons. The van der Waals surface area contributed by atoms with Crippen molar-refractivity contribution in [1.82, 2.24) is 5.32 Å². The molecule has 0 rings (SSSR count). The van der Waals surface area contributed by atoms with Gasteiger partial charge in [-0.3, -0.25) is 18.6 Å².